The highest BCUT2D eigenvalue weighted by atomic mass is 32.1. The van der Waals surface area contributed by atoms with Crippen LogP contribution in [0.1, 0.15) is 51.4 Å². The van der Waals surface area contributed by atoms with Crippen LogP contribution in [0, 0.1) is 11.3 Å². The Balaban J connectivity index is 2.37. The van der Waals surface area contributed by atoms with Gasteiger partial charge in [0.1, 0.15) is 5.01 Å². The molecule has 6 nitrogen and oxygen atoms in total. The number of carbonyl (C=O) groups is 1. The first-order chi connectivity index (χ1) is 9.25. The molecule has 0 aromatic carbocycles. The van der Waals surface area contributed by atoms with Crippen molar-refractivity contribution < 1.29 is 9.90 Å². The van der Waals surface area contributed by atoms with Gasteiger partial charge in [0, 0.05) is 12.3 Å². The smallest absolute Gasteiger partial charge is 0.310 e. The molecule has 1 atom stereocenters. The zero-order chi connectivity index (χ0) is 15.1. The lowest BCUT2D eigenvalue weighted by molar-refractivity contribution is -0.150. The number of aliphatic carboxylic acids is 1. The predicted molar refractivity (Wildman–Crippen MR) is 77.0 cm³/mol. The first kappa shape index (κ1) is 14.9. The van der Waals surface area contributed by atoms with Gasteiger partial charge in [0.25, 0.3) is 0 Å². The molecule has 0 spiro atoms. The normalized spacial score (nSPS) is 15.2. The first-order valence-corrected chi connectivity index (χ1v) is 7.51. The van der Waals surface area contributed by atoms with Gasteiger partial charge in [0.15, 0.2) is 5.82 Å². The second kappa shape index (κ2) is 5.12. The minimum atomic E-state index is -0.818. The molecule has 0 saturated carbocycles. The fraction of sp³-hybridized carbons (Fsp3) is 0.692. The van der Waals surface area contributed by atoms with Crippen molar-refractivity contribution in [2.45, 2.75) is 47.0 Å². The fourth-order valence-electron chi connectivity index (χ4n) is 1.94. The predicted octanol–water partition coefficient (Wildman–Crippen LogP) is 2.60. The highest BCUT2D eigenvalue weighted by Crippen LogP contribution is 2.33. The van der Waals surface area contributed by atoms with Crippen LogP contribution in [0.15, 0.2) is 0 Å². The maximum absolute atomic E-state index is 11.5. The Hall–Kier alpha value is -1.50. The molecule has 0 amide bonds. The zero-order valence-electron chi connectivity index (χ0n) is 12.4. The number of nitrogens with zero attached hydrogens (tertiary/aromatic N) is 4. The molecule has 0 fully saturated rings. The Kier molecular flexibility index (Phi) is 3.82. The van der Waals surface area contributed by atoms with Gasteiger partial charge in [-0.15, -0.1) is 10.2 Å². The van der Waals surface area contributed by atoms with Crippen LogP contribution in [0.4, 0.5) is 0 Å². The van der Waals surface area contributed by atoms with Crippen LogP contribution in [0.2, 0.25) is 0 Å². The Bertz CT molecular complexity index is 631. The molecule has 110 valence electrons. The summed E-state index contributed by atoms with van der Waals surface area (Å²) in [4.78, 5) is 12.3. The van der Waals surface area contributed by atoms with Crippen molar-refractivity contribution in [3.8, 4) is 0 Å². The minimum Gasteiger partial charge on any atom is -0.481 e. The van der Waals surface area contributed by atoms with Gasteiger partial charge in [-0.25, -0.2) is 0 Å². The average molecular weight is 296 g/mol. The Labute approximate surface area is 121 Å². The summed E-state index contributed by atoms with van der Waals surface area (Å²) in [5, 5.41) is 23.0. The molecule has 0 aliphatic heterocycles. The van der Waals surface area contributed by atoms with E-state index in [2.05, 4.69) is 15.3 Å². The second-order valence-corrected chi connectivity index (χ2v) is 7.00. The minimum absolute atomic E-state index is 0.0268. The summed E-state index contributed by atoms with van der Waals surface area (Å²) < 4.78 is 1.73. The van der Waals surface area contributed by atoms with Crippen LogP contribution in [0.3, 0.4) is 0 Å². The number of fused-ring (bicyclic) bond motifs is 1. The van der Waals surface area contributed by atoms with Crippen LogP contribution in [-0.2, 0) is 11.2 Å². The zero-order valence-corrected chi connectivity index (χ0v) is 13.2. The van der Waals surface area contributed by atoms with Crippen LogP contribution in [0.5, 0.6) is 0 Å². The third kappa shape index (κ3) is 2.42. The van der Waals surface area contributed by atoms with E-state index in [0.717, 1.165) is 15.8 Å². The third-order valence-electron chi connectivity index (χ3n) is 3.85. The van der Waals surface area contributed by atoms with E-state index in [9.17, 15) is 9.90 Å². The van der Waals surface area contributed by atoms with Gasteiger partial charge in [0.05, 0.1) is 5.41 Å². The first-order valence-electron chi connectivity index (χ1n) is 6.70. The topological polar surface area (TPSA) is 80.4 Å². The summed E-state index contributed by atoms with van der Waals surface area (Å²) in [6.07, 6.45) is 0.408. The summed E-state index contributed by atoms with van der Waals surface area (Å²) in [7, 11) is 0. The van der Waals surface area contributed by atoms with Gasteiger partial charge in [-0.2, -0.15) is 9.61 Å². The van der Waals surface area contributed by atoms with Crippen LogP contribution < -0.4 is 0 Å². The van der Waals surface area contributed by atoms with Crippen molar-refractivity contribution in [1.29, 1.82) is 0 Å². The van der Waals surface area contributed by atoms with E-state index in [1.807, 2.05) is 27.7 Å². The largest absolute Gasteiger partial charge is 0.481 e. The number of carboxylic acid groups (broad SMARTS) is 1. The summed E-state index contributed by atoms with van der Waals surface area (Å²) in [5.74, 6) is 0.279. The Morgan fingerprint density at radius 2 is 2.00 bits per heavy atom. The third-order valence-corrected chi connectivity index (χ3v) is 4.75. The lowest BCUT2D eigenvalue weighted by Gasteiger charge is -2.27. The maximum atomic E-state index is 11.5. The van der Waals surface area contributed by atoms with Crippen LogP contribution in [-0.4, -0.2) is 30.9 Å². The van der Waals surface area contributed by atoms with Gasteiger partial charge in [-0.1, -0.05) is 39.0 Å². The van der Waals surface area contributed by atoms with Crippen molar-refractivity contribution in [2.24, 2.45) is 11.3 Å². The number of hydrogen-bond donors (Lipinski definition) is 1. The average Bonchev–Trinajstić information content (AvgIpc) is 2.86. The molecule has 0 aliphatic rings. The molecule has 0 saturated heterocycles. The Morgan fingerprint density at radius 3 is 2.50 bits per heavy atom. The van der Waals surface area contributed by atoms with Crippen molar-refractivity contribution in [3.63, 3.8) is 0 Å². The number of aromatic nitrogens is 4. The van der Waals surface area contributed by atoms with Crippen molar-refractivity contribution in [3.05, 3.63) is 10.8 Å². The molecule has 2 rings (SSSR count). The fourth-order valence-corrected chi connectivity index (χ4v) is 2.95. The molecule has 0 aliphatic carbocycles. The van der Waals surface area contributed by atoms with E-state index in [0.29, 0.717) is 6.42 Å². The molecule has 2 aromatic heterocycles. The highest BCUT2D eigenvalue weighted by molar-refractivity contribution is 7.16. The molecule has 2 aromatic rings. The molecule has 20 heavy (non-hydrogen) atoms. The summed E-state index contributed by atoms with van der Waals surface area (Å²) in [6, 6.07) is 0. The van der Waals surface area contributed by atoms with E-state index < -0.39 is 11.4 Å². The molecule has 0 radical (unpaired) electrons. The van der Waals surface area contributed by atoms with Gasteiger partial charge in [-0.3, -0.25) is 4.79 Å². The van der Waals surface area contributed by atoms with Crippen LogP contribution >= 0.6 is 11.3 Å². The monoisotopic (exact) mass is 296 g/mol. The molecule has 1 unspecified atom stereocenters. The molecular weight excluding hydrogens is 276 g/mol. The number of carboxylic acids is 1. The SMILES string of the molecule is CC(C)c1nnc2sc(CC(C)(C(=O)O)C(C)C)nn12. The summed E-state index contributed by atoms with van der Waals surface area (Å²) >= 11 is 1.41. The van der Waals surface area contributed by atoms with E-state index in [-0.39, 0.29) is 11.8 Å². The van der Waals surface area contributed by atoms with Gasteiger partial charge < -0.3 is 5.11 Å². The van der Waals surface area contributed by atoms with E-state index >= 15 is 0 Å². The van der Waals surface area contributed by atoms with Crippen LogP contribution in [0.25, 0.3) is 4.96 Å². The molecule has 0 bridgehead atoms. The molecular formula is C13H20N4O2S. The van der Waals surface area contributed by atoms with Gasteiger partial charge in [0.2, 0.25) is 4.96 Å². The van der Waals surface area contributed by atoms with Gasteiger partial charge >= 0.3 is 5.97 Å². The highest BCUT2D eigenvalue weighted by Gasteiger charge is 2.38. The van der Waals surface area contributed by atoms with Crippen molar-refractivity contribution >= 4 is 22.3 Å². The standard InChI is InChI=1S/C13H20N4O2S/c1-7(2)10-14-15-12-17(10)16-9(20-12)6-13(5,8(3)4)11(18)19/h7-8H,6H2,1-5H3,(H,18,19). The second-order valence-electron chi connectivity index (χ2n) is 5.96. The molecule has 1 N–H and O–H groups in total. The summed E-state index contributed by atoms with van der Waals surface area (Å²) in [5.41, 5.74) is -0.818. The van der Waals surface area contributed by atoms with Gasteiger partial charge in [-0.05, 0) is 12.8 Å². The summed E-state index contributed by atoms with van der Waals surface area (Å²) in [6.45, 7) is 9.68. The molecule has 7 heteroatoms. The van der Waals surface area contributed by atoms with Crippen molar-refractivity contribution in [1.82, 2.24) is 19.8 Å². The lowest BCUT2D eigenvalue weighted by Crippen LogP contribution is -2.35. The number of hydrogen-bond acceptors (Lipinski definition) is 5. The quantitative estimate of drug-likeness (QED) is 0.917. The van der Waals surface area contributed by atoms with E-state index in [1.165, 1.54) is 11.3 Å². The molecule has 2 heterocycles. The Morgan fingerprint density at radius 1 is 1.35 bits per heavy atom. The lowest BCUT2D eigenvalue weighted by atomic mass is 9.76. The van der Waals surface area contributed by atoms with E-state index in [4.69, 9.17) is 0 Å². The van der Waals surface area contributed by atoms with E-state index in [1.54, 1.807) is 11.4 Å². The maximum Gasteiger partial charge on any atom is 0.310 e. The number of rotatable bonds is 5. The van der Waals surface area contributed by atoms with Crippen molar-refractivity contribution in [2.75, 3.05) is 0 Å².